The lowest BCUT2D eigenvalue weighted by molar-refractivity contribution is -0.121. The van der Waals surface area contributed by atoms with E-state index in [9.17, 15) is 9.59 Å². The lowest BCUT2D eigenvalue weighted by atomic mass is 10.2. The zero-order chi connectivity index (χ0) is 17.2. The average Bonchev–Trinajstić information content (AvgIpc) is 2.51. The standard InChI is InChI=1S/C16H27N5O2/c1-13(2)12-21(16(23)14-11-17-6-7-18-14)9-5-15(22)19-8-10-20(3)4/h6-7,11,13H,5,8-10,12H2,1-4H3,(H,19,22). The van der Waals surface area contributed by atoms with Gasteiger partial charge in [-0.05, 0) is 20.0 Å². The van der Waals surface area contributed by atoms with Crippen LogP contribution in [0.15, 0.2) is 18.6 Å². The summed E-state index contributed by atoms with van der Waals surface area (Å²) >= 11 is 0. The molecule has 128 valence electrons. The van der Waals surface area contributed by atoms with Crippen molar-refractivity contribution in [1.82, 2.24) is 25.1 Å². The summed E-state index contributed by atoms with van der Waals surface area (Å²) in [7, 11) is 3.91. The molecule has 0 unspecified atom stereocenters. The maximum absolute atomic E-state index is 12.5. The summed E-state index contributed by atoms with van der Waals surface area (Å²) in [4.78, 5) is 36.0. The fraction of sp³-hybridized carbons (Fsp3) is 0.625. The Balaban J connectivity index is 2.55. The summed E-state index contributed by atoms with van der Waals surface area (Å²) in [6, 6.07) is 0. The van der Waals surface area contributed by atoms with Crippen LogP contribution in [0.1, 0.15) is 30.8 Å². The van der Waals surface area contributed by atoms with Crippen molar-refractivity contribution in [3.05, 3.63) is 24.3 Å². The molecule has 0 aliphatic carbocycles. The van der Waals surface area contributed by atoms with Gasteiger partial charge in [-0.1, -0.05) is 13.8 Å². The van der Waals surface area contributed by atoms with Crippen molar-refractivity contribution >= 4 is 11.8 Å². The Morgan fingerprint density at radius 1 is 1.22 bits per heavy atom. The van der Waals surface area contributed by atoms with E-state index in [1.807, 2.05) is 32.8 Å². The molecule has 23 heavy (non-hydrogen) atoms. The van der Waals surface area contributed by atoms with E-state index in [-0.39, 0.29) is 18.2 Å². The monoisotopic (exact) mass is 321 g/mol. The number of nitrogens with zero attached hydrogens (tertiary/aromatic N) is 4. The van der Waals surface area contributed by atoms with Gasteiger partial charge in [-0.2, -0.15) is 0 Å². The molecule has 2 amide bonds. The number of carbonyl (C=O) groups is 2. The number of aromatic nitrogens is 2. The maximum Gasteiger partial charge on any atom is 0.274 e. The van der Waals surface area contributed by atoms with E-state index in [2.05, 4.69) is 15.3 Å². The van der Waals surface area contributed by atoms with Crippen molar-refractivity contribution in [3.63, 3.8) is 0 Å². The second kappa shape index (κ2) is 9.89. The lowest BCUT2D eigenvalue weighted by Gasteiger charge is -2.24. The van der Waals surface area contributed by atoms with Gasteiger partial charge in [0.25, 0.3) is 5.91 Å². The smallest absolute Gasteiger partial charge is 0.274 e. The molecule has 0 bridgehead atoms. The van der Waals surface area contributed by atoms with Gasteiger partial charge in [0.05, 0.1) is 6.20 Å². The fourth-order valence-corrected chi connectivity index (χ4v) is 2.03. The molecule has 0 aliphatic heterocycles. The van der Waals surface area contributed by atoms with Gasteiger partial charge in [-0.3, -0.25) is 14.6 Å². The molecule has 0 spiro atoms. The molecule has 1 aromatic rings. The number of rotatable bonds is 9. The van der Waals surface area contributed by atoms with Crippen LogP contribution in [0, 0.1) is 5.92 Å². The minimum absolute atomic E-state index is 0.0486. The highest BCUT2D eigenvalue weighted by atomic mass is 16.2. The highest BCUT2D eigenvalue weighted by Gasteiger charge is 2.19. The van der Waals surface area contributed by atoms with Gasteiger partial charge in [0.1, 0.15) is 5.69 Å². The average molecular weight is 321 g/mol. The number of likely N-dealkylation sites (N-methyl/N-ethyl adjacent to an activating group) is 1. The molecule has 0 saturated carbocycles. The fourth-order valence-electron chi connectivity index (χ4n) is 2.03. The lowest BCUT2D eigenvalue weighted by Crippen LogP contribution is -2.39. The van der Waals surface area contributed by atoms with Crippen molar-refractivity contribution in [2.24, 2.45) is 5.92 Å². The molecule has 7 nitrogen and oxygen atoms in total. The van der Waals surface area contributed by atoms with Crippen LogP contribution in [0.4, 0.5) is 0 Å². The predicted molar refractivity (Wildman–Crippen MR) is 89.0 cm³/mol. The van der Waals surface area contributed by atoms with Gasteiger partial charge >= 0.3 is 0 Å². The van der Waals surface area contributed by atoms with Gasteiger partial charge in [-0.25, -0.2) is 4.98 Å². The minimum atomic E-state index is -0.187. The largest absolute Gasteiger partial charge is 0.355 e. The topological polar surface area (TPSA) is 78.4 Å². The molecule has 0 saturated heterocycles. The first kappa shape index (κ1) is 19.0. The molecule has 0 radical (unpaired) electrons. The molecule has 0 aromatic carbocycles. The molecule has 1 aromatic heterocycles. The predicted octanol–water partition coefficient (Wildman–Crippen LogP) is 0.643. The van der Waals surface area contributed by atoms with Crippen LogP contribution in [0.2, 0.25) is 0 Å². The van der Waals surface area contributed by atoms with E-state index in [1.165, 1.54) is 18.6 Å². The van der Waals surface area contributed by atoms with Crippen LogP contribution >= 0.6 is 0 Å². The SMILES string of the molecule is CC(C)CN(CCC(=O)NCCN(C)C)C(=O)c1cnccn1. The summed E-state index contributed by atoms with van der Waals surface area (Å²) in [6.45, 7) is 6.43. The third kappa shape index (κ3) is 7.69. The zero-order valence-electron chi connectivity index (χ0n) is 14.5. The van der Waals surface area contributed by atoms with Crippen LogP contribution in [0.5, 0.6) is 0 Å². The molecule has 0 fully saturated rings. The van der Waals surface area contributed by atoms with Gasteiger partial charge < -0.3 is 15.1 Å². The van der Waals surface area contributed by atoms with Gasteiger partial charge in [-0.15, -0.1) is 0 Å². The summed E-state index contributed by atoms with van der Waals surface area (Å²) in [5.41, 5.74) is 0.307. The number of hydrogen-bond donors (Lipinski definition) is 1. The van der Waals surface area contributed by atoms with Crippen molar-refractivity contribution in [3.8, 4) is 0 Å². The molecular weight excluding hydrogens is 294 g/mol. The van der Waals surface area contributed by atoms with Crippen LogP contribution in [0.25, 0.3) is 0 Å². The van der Waals surface area contributed by atoms with Crippen molar-refractivity contribution in [2.45, 2.75) is 20.3 Å². The quantitative estimate of drug-likeness (QED) is 0.722. The number of nitrogens with one attached hydrogen (secondary N) is 1. The second-order valence-corrected chi connectivity index (χ2v) is 6.14. The van der Waals surface area contributed by atoms with Crippen LogP contribution in [-0.2, 0) is 4.79 Å². The Labute approximate surface area is 138 Å². The van der Waals surface area contributed by atoms with Gasteiger partial charge in [0, 0.05) is 45.0 Å². The molecule has 1 N–H and O–H groups in total. The summed E-state index contributed by atoms with van der Waals surface area (Å²) in [5.74, 6) is 0.0767. The van der Waals surface area contributed by atoms with Crippen molar-refractivity contribution in [2.75, 3.05) is 40.3 Å². The normalized spacial score (nSPS) is 10.9. The first-order chi connectivity index (χ1) is 10.9. The highest BCUT2D eigenvalue weighted by molar-refractivity contribution is 5.92. The first-order valence-electron chi connectivity index (χ1n) is 7.87. The Hall–Kier alpha value is -2.02. The maximum atomic E-state index is 12.5. The number of amides is 2. The summed E-state index contributed by atoms with van der Waals surface area (Å²) in [5, 5.41) is 2.85. The summed E-state index contributed by atoms with van der Waals surface area (Å²) in [6.07, 6.45) is 4.76. The zero-order valence-corrected chi connectivity index (χ0v) is 14.5. The summed E-state index contributed by atoms with van der Waals surface area (Å²) < 4.78 is 0. The Bertz CT molecular complexity index is 491. The molecule has 7 heteroatoms. The van der Waals surface area contributed by atoms with E-state index in [0.29, 0.717) is 31.2 Å². The van der Waals surface area contributed by atoms with Gasteiger partial charge in [0.2, 0.25) is 5.91 Å². The Morgan fingerprint density at radius 3 is 2.52 bits per heavy atom. The van der Waals surface area contributed by atoms with E-state index in [0.717, 1.165) is 6.54 Å². The van der Waals surface area contributed by atoms with Crippen LogP contribution in [0.3, 0.4) is 0 Å². The van der Waals surface area contributed by atoms with E-state index >= 15 is 0 Å². The highest BCUT2D eigenvalue weighted by Crippen LogP contribution is 2.06. The van der Waals surface area contributed by atoms with Crippen molar-refractivity contribution in [1.29, 1.82) is 0 Å². The van der Waals surface area contributed by atoms with Crippen molar-refractivity contribution < 1.29 is 9.59 Å². The second-order valence-electron chi connectivity index (χ2n) is 6.14. The molecule has 0 aliphatic rings. The van der Waals surface area contributed by atoms with E-state index in [1.54, 1.807) is 4.90 Å². The van der Waals surface area contributed by atoms with E-state index < -0.39 is 0 Å². The Morgan fingerprint density at radius 2 is 1.96 bits per heavy atom. The minimum Gasteiger partial charge on any atom is -0.355 e. The third-order valence-electron chi connectivity index (χ3n) is 3.15. The van der Waals surface area contributed by atoms with Crippen LogP contribution in [-0.4, -0.2) is 71.9 Å². The van der Waals surface area contributed by atoms with Gasteiger partial charge in [0.15, 0.2) is 0 Å². The number of carbonyl (C=O) groups excluding carboxylic acids is 2. The van der Waals surface area contributed by atoms with E-state index in [4.69, 9.17) is 0 Å². The molecule has 0 atom stereocenters. The molecular formula is C16H27N5O2. The number of hydrogen-bond acceptors (Lipinski definition) is 5. The Kier molecular flexibility index (Phi) is 8.18. The molecule has 1 heterocycles. The molecule has 1 rings (SSSR count). The van der Waals surface area contributed by atoms with Crippen LogP contribution < -0.4 is 5.32 Å². The first-order valence-corrected chi connectivity index (χ1v) is 7.87. The third-order valence-corrected chi connectivity index (χ3v) is 3.15.